The molecule has 0 N–H and O–H groups in total. The Morgan fingerprint density at radius 1 is 1.45 bits per heavy atom. The van der Waals surface area contributed by atoms with Crippen LogP contribution in [0.25, 0.3) is 0 Å². The first-order valence-corrected chi connectivity index (χ1v) is 2.02. The van der Waals surface area contributed by atoms with Crippen molar-refractivity contribution < 1.29 is 62.6 Å². The first-order chi connectivity index (χ1) is 3.06. The molecule has 0 saturated carbocycles. The monoisotopic (exact) mass is 401 g/mol. The van der Waals surface area contributed by atoms with Crippen molar-refractivity contribution >= 4 is 16.8 Å². The van der Waals surface area contributed by atoms with E-state index in [4.69, 9.17) is 0 Å². The molecule has 0 rings (SSSR count). The van der Waals surface area contributed by atoms with Gasteiger partial charge in [-0.05, 0) is 5.67 Å². The summed E-state index contributed by atoms with van der Waals surface area (Å²) in [4.78, 5) is 0. The predicted molar refractivity (Wildman–Crippen MR) is 36.4 cm³/mol. The zero-order chi connectivity index (χ0) is 5.91. The van der Waals surface area contributed by atoms with Crippen LogP contribution in [0.5, 0.6) is 0 Å². The van der Waals surface area contributed by atoms with Gasteiger partial charge in [0.2, 0.25) is 0 Å². The smallest absolute Gasteiger partial charge is 0 e. The van der Waals surface area contributed by atoms with Crippen LogP contribution in [0.3, 0.4) is 0 Å². The van der Waals surface area contributed by atoms with Gasteiger partial charge in [0.25, 0.3) is 0 Å². The maximum absolute atomic E-state index is 12.0. The minimum atomic E-state index is -1.63. The molecule has 0 heterocycles. The molecule has 0 amide bonds. The average Bonchev–Trinajstić information content (AvgIpc) is 1.30. The first kappa shape index (κ1) is 29.3. The van der Waals surface area contributed by atoms with Gasteiger partial charge in [0.1, 0.15) is 0 Å². The quantitative estimate of drug-likeness (QED) is 0.484. The molecule has 59 valence electrons. The SMILES string of the molecule is [B].[B].[CH2-]C(C)(F)C[CH-]F.[W].[Y]. The largest absolute Gasteiger partial charge is 0.459 e. The topological polar surface area (TPSA) is 0 Å². The van der Waals surface area contributed by atoms with Crippen molar-refractivity contribution in [3.63, 3.8) is 0 Å². The Kier molecular flexibility index (Phi) is 38.1. The van der Waals surface area contributed by atoms with Gasteiger partial charge in [0, 0.05) is 70.6 Å². The zero-order valence-electron chi connectivity index (χ0n) is 6.39. The molecule has 1 atom stereocenters. The Labute approximate surface area is 111 Å². The van der Waals surface area contributed by atoms with Crippen molar-refractivity contribution in [2.24, 2.45) is 0 Å². The van der Waals surface area contributed by atoms with Crippen molar-refractivity contribution in [1.82, 2.24) is 0 Å². The van der Waals surface area contributed by atoms with Crippen molar-refractivity contribution in [3.05, 3.63) is 13.6 Å². The van der Waals surface area contributed by atoms with E-state index in [1.807, 2.05) is 0 Å². The summed E-state index contributed by atoms with van der Waals surface area (Å²) in [6.07, 6.45) is -0.229. The summed E-state index contributed by atoms with van der Waals surface area (Å²) in [5.74, 6) is 0. The van der Waals surface area contributed by atoms with E-state index in [0.717, 1.165) is 0 Å². The van der Waals surface area contributed by atoms with Crippen LogP contribution in [0.4, 0.5) is 8.78 Å². The Bertz CT molecular complexity index is 60.9. The summed E-state index contributed by atoms with van der Waals surface area (Å²) in [6.45, 7) is 4.52. The van der Waals surface area contributed by atoms with Crippen LogP contribution in [0.15, 0.2) is 0 Å². The van der Waals surface area contributed by atoms with E-state index >= 15 is 0 Å². The van der Waals surface area contributed by atoms with E-state index in [1.165, 1.54) is 6.92 Å². The van der Waals surface area contributed by atoms with Crippen LogP contribution >= 0.6 is 0 Å². The fourth-order valence-electron chi connectivity index (χ4n) is 0.161. The standard InChI is InChI=1S/C5H8F2.2B.W.Y/c1-5(2,7)3-4-6;;;;/h4H,1,3H2,2H3;;;;/q-2;;;;. The zero-order valence-corrected chi connectivity index (χ0v) is 12.2. The van der Waals surface area contributed by atoms with Gasteiger partial charge in [-0.2, -0.15) is 6.67 Å². The molecule has 0 aromatic rings. The summed E-state index contributed by atoms with van der Waals surface area (Å²) < 4.78 is 23.1. The number of hydrogen-bond donors (Lipinski definition) is 0. The molecule has 0 aliphatic carbocycles. The van der Waals surface area contributed by atoms with Crippen molar-refractivity contribution in [2.45, 2.75) is 19.0 Å². The maximum atomic E-state index is 12.0. The molecule has 0 aromatic heterocycles. The van der Waals surface area contributed by atoms with Gasteiger partial charge in [-0.3, -0.25) is 4.39 Å². The van der Waals surface area contributed by atoms with Crippen LogP contribution in [-0.2, 0) is 53.8 Å². The molecule has 0 fully saturated rings. The molecule has 0 aromatic carbocycles. The first-order valence-electron chi connectivity index (χ1n) is 2.02. The van der Waals surface area contributed by atoms with Gasteiger partial charge in [-0.25, -0.2) is 0 Å². The molecule has 0 saturated heterocycles. The third-order valence-electron chi connectivity index (χ3n) is 0.503. The molecule has 0 bridgehead atoms. The molecule has 0 aliphatic rings. The van der Waals surface area contributed by atoms with Gasteiger partial charge in [0.15, 0.2) is 0 Å². The minimum absolute atomic E-state index is 0. The third kappa shape index (κ3) is 33.7. The van der Waals surface area contributed by atoms with Gasteiger partial charge in [-0.15, -0.1) is 6.42 Å². The van der Waals surface area contributed by atoms with Crippen LogP contribution in [-0.4, -0.2) is 22.5 Å². The molecule has 11 heavy (non-hydrogen) atoms. The number of alkyl halides is 1. The van der Waals surface area contributed by atoms with Crippen molar-refractivity contribution in [3.8, 4) is 0 Å². The average molecular weight is 400 g/mol. The second kappa shape index (κ2) is 14.3. The molecule has 7 radical (unpaired) electrons. The second-order valence-corrected chi connectivity index (χ2v) is 1.77. The Balaban J connectivity index is -0.0000000300. The van der Waals surface area contributed by atoms with Gasteiger partial charge >= 0.3 is 0 Å². The summed E-state index contributed by atoms with van der Waals surface area (Å²) >= 11 is 0. The molecule has 0 spiro atoms. The maximum Gasteiger partial charge on any atom is 0 e. The van der Waals surface area contributed by atoms with Gasteiger partial charge < -0.3 is 11.3 Å². The van der Waals surface area contributed by atoms with Crippen LogP contribution in [0.2, 0.25) is 0 Å². The molecular formula is C5H8B2F2WY-2. The number of rotatable bonds is 2. The van der Waals surface area contributed by atoms with Crippen LogP contribution < -0.4 is 0 Å². The van der Waals surface area contributed by atoms with E-state index < -0.39 is 5.67 Å². The molecular weight excluding hydrogens is 392 g/mol. The van der Waals surface area contributed by atoms with Gasteiger partial charge in [-0.1, -0.05) is 6.92 Å². The van der Waals surface area contributed by atoms with E-state index in [9.17, 15) is 8.78 Å². The Hall–Kier alpha value is 1.78. The Morgan fingerprint density at radius 2 is 1.73 bits per heavy atom. The fraction of sp³-hybridized carbons (Fsp3) is 0.600. The van der Waals surface area contributed by atoms with Crippen molar-refractivity contribution in [2.75, 3.05) is 0 Å². The van der Waals surface area contributed by atoms with E-state index in [1.54, 1.807) is 0 Å². The molecule has 0 nitrogen and oxygen atoms in total. The predicted octanol–water partition coefficient (Wildman–Crippen LogP) is 1.30. The van der Waals surface area contributed by atoms with Crippen LogP contribution in [0, 0.1) is 13.6 Å². The fourth-order valence-corrected chi connectivity index (χ4v) is 0.161. The number of halogens is 2. The molecule has 0 aliphatic heterocycles. The summed E-state index contributed by atoms with van der Waals surface area (Å²) in [5, 5.41) is 0. The normalized spacial score (nSPS) is 12.0. The molecule has 6 heteroatoms. The van der Waals surface area contributed by atoms with Gasteiger partial charge in [0.05, 0.1) is 0 Å². The van der Waals surface area contributed by atoms with Crippen LogP contribution in [0.1, 0.15) is 13.3 Å². The summed E-state index contributed by atoms with van der Waals surface area (Å²) in [7, 11) is 0. The summed E-state index contributed by atoms with van der Waals surface area (Å²) in [6, 6.07) is 0. The van der Waals surface area contributed by atoms with E-state index in [-0.39, 0.29) is 83.7 Å². The minimum Gasteiger partial charge on any atom is -0.459 e. The third-order valence-corrected chi connectivity index (χ3v) is 0.503. The van der Waals surface area contributed by atoms with E-state index in [0.29, 0.717) is 0 Å². The summed E-state index contributed by atoms with van der Waals surface area (Å²) in [5.41, 5.74) is -1.63. The number of hydrogen-bond acceptors (Lipinski definition) is 0. The second-order valence-electron chi connectivity index (χ2n) is 1.77. The molecule has 1 unspecified atom stereocenters. The van der Waals surface area contributed by atoms with E-state index in [2.05, 4.69) is 6.92 Å². The van der Waals surface area contributed by atoms with Crippen molar-refractivity contribution in [1.29, 1.82) is 0 Å². The Morgan fingerprint density at radius 3 is 1.73 bits per heavy atom.